The van der Waals surface area contributed by atoms with Crippen molar-refractivity contribution in [3.05, 3.63) is 47.0 Å². The number of carbonyl (C=O) groups excluding carboxylic acids is 2. The van der Waals surface area contributed by atoms with Crippen LogP contribution < -0.4 is 5.32 Å². The zero-order valence-corrected chi connectivity index (χ0v) is 15.5. The topological polar surface area (TPSA) is 62.3 Å². The highest BCUT2D eigenvalue weighted by atomic mass is 35.5. The molecule has 1 heterocycles. The molecule has 0 aliphatic heterocycles. The summed E-state index contributed by atoms with van der Waals surface area (Å²) >= 11 is 7.78. The zero-order chi connectivity index (χ0) is 17.8. The van der Waals surface area contributed by atoms with Crippen LogP contribution in [0.15, 0.2) is 36.5 Å². The molecule has 1 aliphatic carbocycles. The van der Waals surface area contributed by atoms with E-state index < -0.39 is 5.38 Å². The molecule has 0 saturated heterocycles. The van der Waals surface area contributed by atoms with Crippen molar-refractivity contribution in [1.29, 1.82) is 0 Å². The predicted molar refractivity (Wildman–Crippen MR) is 99.8 cm³/mol. The molecule has 2 amide bonds. The molecular formula is C18H20ClN3O2S. The molecule has 0 spiro atoms. The second kappa shape index (κ2) is 7.97. The lowest BCUT2D eigenvalue weighted by Crippen LogP contribution is -2.41. The van der Waals surface area contributed by atoms with E-state index in [0.29, 0.717) is 17.6 Å². The highest BCUT2D eigenvalue weighted by Crippen LogP contribution is 2.31. The molecule has 25 heavy (non-hydrogen) atoms. The molecule has 132 valence electrons. The van der Waals surface area contributed by atoms with Crippen LogP contribution in [0.25, 0.3) is 0 Å². The fourth-order valence-corrected chi connectivity index (χ4v) is 3.48. The molecule has 1 atom stereocenters. The number of nitrogens with zero attached hydrogens (tertiary/aromatic N) is 2. The van der Waals surface area contributed by atoms with E-state index in [9.17, 15) is 9.59 Å². The van der Waals surface area contributed by atoms with Crippen molar-refractivity contribution in [2.24, 2.45) is 5.92 Å². The number of aryl methyl sites for hydroxylation is 1. The summed E-state index contributed by atoms with van der Waals surface area (Å²) in [7, 11) is 0. The molecule has 1 fully saturated rings. The highest BCUT2D eigenvalue weighted by molar-refractivity contribution is 7.15. The lowest BCUT2D eigenvalue weighted by atomic mass is 10.1. The van der Waals surface area contributed by atoms with Gasteiger partial charge in [-0.1, -0.05) is 30.3 Å². The van der Waals surface area contributed by atoms with Crippen LogP contribution in [-0.4, -0.2) is 34.8 Å². The van der Waals surface area contributed by atoms with Gasteiger partial charge in [0.15, 0.2) is 5.13 Å². The SMILES string of the molecule is Cc1cnc(NC(=O)CN(CC2CC2)C(=O)[C@H](Cl)c2ccccc2)s1. The van der Waals surface area contributed by atoms with Gasteiger partial charge in [0.05, 0.1) is 6.54 Å². The zero-order valence-electron chi connectivity index (χ0n) is 13.9. The number of benzene rings is 1. The maximum absolute atomic E-state index is 12.8. The van der Waals surface area contributed by atoms with Gasteiger partial charge in [0, 0.05) is 17.6 Å². The maximum atomic E-state index is 12.8. The molecule has 0 bridgehead atoms. The summed E-state index contributed by atoms with van der Waals surface area (Å²) in [5.41, 5.74) is 0.742. The van der Waals surface area contributed by atoms with Gasteiger partial charge in [-0.2, -0.15) is 0 Å². The highest BCUT2D eigenvalue weighted by Gasteiger charge is 2.31. The molecular weight excluding hydrogens is 358 g/mol. The van der Waals surface area contributed by atoms with Crippen LogP contribution in [0.1, 0.15) is 28.7 Å². The summed E-state index contributed by atoms with van der Waals surface area (Å²) in [6, 6.07) is 9.22. The van der Waals surface area contributed by atoms with Gasteiger partial charge in [0.1, 0.15) is 5.38 Å². The van der Waals surface area contributed by atoms with Crippen molar-refractivity contribution in [1.82, 2.24) is 9.88 Å². The van der Waals surface area contributed by atoms with Crippen LogP contribution in [0.3, 0.4) is 0 Å². The van der Waals surface area contributed by atoms with Gasteiger partial charge in [-0.15, -0.1) is 22.9 Å². The van der Waals surface area contributed by atoms with E-state index >= 15 is 0 Å². The standard InChI is InChI=1S/C18H20ClN3O2S/c1-12-9-20-18(25-12)21-15(23)11-22(10-13-7-8-13)17(24)16(19)14-5-3-2-4-6-14/h2-6,9,13,16H,7-8,10-11H2,1H3,(H,20,21,23)/t16-/m1/s1. The quantitative estimate of drug-likeness (QED) is 0.750. The first-order chi connectivity index (χ1) is 12.0. The number of hydrogen-bond donors (Lipinski definition) is 1. The minimum absolute atomic E-state index is 0.00991. The van der Waals surface area contributed by atoms with Gasteiger partial charge in [-0.05, 0) is 31.2 Å². The Hall–Kier alpha value is -1.92. The predicted octanol–water partition coefficient (Wildman–Crippen LogP) is 3.61. The van der Waals surface area contributed by atoms with Crippen LogP contribution in [0.4, 0.5) is 5.13 Å². The van der Waals surface area contributed by atoms with Crippen LogP contribution >= 0.6 is 22.9 Å². The number of halogens is 1. The summed E-state index contributed by atoms with van der Waals surface area (Å²) < 4.78 is 0. The van der Waals surface area contributed by atoms with E-state index in [4.69, 9.17) is 11.6 Å². The third kappa shape index (κ3) is 5.03. The largest absolute Gasteiger partial charge is 0.332 e. The smallest absolute Gasteiger partial charge is 0.245 e. The number of alkyl halides is 1. The third-order valence-electron chi connectivity index (χ3n) is 4.00. The van der Waals surface area contributed by atoms with Crippen molar-refractivity contribution in [3.8, 4) is 0 Å². The van der Waals surface area contributed by atoms with Crippen molar-refractivity contribution >= 4 is 39.9 Å². The number of nitrogens with one attached hydrogen (secondary N) is 1. The minimum Gasteiger partial charge on any atom is -0.332 e. The number of thiazole rings is 1. The average Bonchev–Trinajstić information content (AvgIpc) is 3.34. The number of amides is 2. The van der Waals surface area contributed by atoms with Crippen LogP contribution in [-0.2, 0) is 9.59 Å². The first-order valence-electron chi connectivity index (χ1n) is 8.23. The van der Waals surface area contributed by atoms with Crippen LogP contribution in [0.2, 0.25) is 0 Å². The molecule has 1 aliphatic rings. The number of anilines is 1. The van der Waals surface area contributed by atoms with Gasteiger partial charge in [0.25, 0.3) is 0 Å². The molecule has 7 heteroatoms. The Labute approximate surface area is 156 Å². The fraction of sp³-hybridized carbons (Fsp3) is 0.389. The molecule has 1 aromatic carbocycles. The van der Waals surface area contributed by atoms with E-state index in [0.717, 1.165) is 23.3 Å². The fourth-order valence-electron chi connectivity index (χ4n) is 2.51. The van der Waals surface area contributed by atoms with Crippen LogP contribution in [0, 0.1) is 12.8 Å². The van der Waals surface area contributed by atoms with E-state index in [1.807, 2.05) is 37.3 Å². The van der Waals surface area contributed by atoms with E-state index in [2.05, 4.69) is 10.3 Å². The van der Waals surface area contributed by atoms with Gasteiger partial charge < -0.3 is 10.2 Å². The molecule has 0 unspecified atom stereocenters. The number of aromatic nitrogens is 1. The Balaban J connectivity index is 1.66. The van der Waals surface area contributed by atoms with E-state index in [1.165, 1.54) is 11.3 Å². The van der Waals surface area contributed by atoms with Crippen molar-refractivity contribution in [3.63, 3.8) is 0 Å². The van der Waals surface area contributed by atoms with Crippen molar-refractivity contribution in [2.75, 3.05) is 18.4 Å². The molecule has 5 nitrogen and oxygen atoms in total. The Morgan fingerprint density at radius 2 is 2.08 bits per heavy atom. The van der Waals surface area contributed by atoms with Gasteiger partial charge in [0.2, 0.25) is 11.8 Å². The normalized spacial score (nSPS) is 14.8. The molecule has 1 aromatic heterocycles. The number of hydrogen-bond acceptors (Lipinski definition) is 4. The van der Waals surface area contributed by atoms with Gasteiger partial charge in [-0.25, -0.2) is 4.98 Å². The van der Waals surface area contributed by atoms with Crippen molar-refractivity contribution < 1.29 is 9.59 Å². The minimum atomic E-state index is -0.783. The molecule has 1 N–H and O–H groups in total. The lowest BCUT2D eigenvalue weighted by molar-refractivity contribution is -0.134. The number of carbonyl (C=O) groups is 2. The first kappa shape index (κ1) is 17.9. The summed E-state index contributed by atoms with van der Waals surface area (Å²) in [6.45, 7) is 2.48. The first-order valence-corrected chi connectivity index (χ1v) is 9.48. The van der Waals surface area contributed by atoms with E-state index in [1.54, 1.807) is 11.1 Å². The molecule has 0 radical (unpaired) electrons. The third-order valence-corrected chi connectivity index (χ3v) is 5.27. The Morgan fingerprint density at radius 1 is 1.36 bits per heavy atom. The molecule has 2 aromatic rings. The average molecular weight is 378 g/mol. The van der Waals surface area contributed by atoms with E-state index in [-0.39, 0.29) is 18.4 Å². The van der Waals surface area contributed by atoms with Gasteiger partial charge >= 0.3 is 0 Å². The van der Waals surface area contributed by atoms with Gasteiger partial charge in [-0.3, -0.25) is 9.59 Å². The Morgan fingerprint density at radius 3 is 2.68 bits per heavy atom. The summed E-state index contributed by atoms with van der Waals surface area (Å²) in [6.07, 6.45) is 3.89. The van der Waals surface area contributed by atoms with Crippen molar-refractivity contribution in [2.45, 2.75) is 25.1 Å². The monoisotopic (exact) mass is 377 g/mol. The second-order valence-electron chi connectivity index (χ2n) is 6.26. The lowest BCUT2D eigenvalue weighted by Gasteiger charge is -2.24. The number of rotatable bonds is 7. The summed E-state index contributed by atoms with van der Waals surface area (Å²) in [5, 5.41) is 2.52. The summed E-state index contributed by atoms with van der Waals surface area (Å²) in [4.78, 5) is 31.8. The Kier molecular flexibility index (Phi) is 5.71. The summed E-state index contributed by atoms with van der Waals surface area (Å²) in [5.74, 6) is -0.0102. The Bertz CT molecular complexity index is 746. The molecule has 1 saturated carbocycles. The van der Waals surface area contributed by atoms with Crippen LogP contribution in [0.5, 0.6) is 0 Å². The maximum Gasteiger partial charge on any atom is 0.245 e. The molecule has 3 rings (SSSR count). The second-order valence-corrected chi connectivity index (χ2v) is 7.93.